The summed E-state index contributed by atoms with van der Waals surface area (Å²) in [5, 5.41) is 0. The predicted molar refractivity (Wildman–Crippen MR) is 45.0 cm³/mol. The average Bonchev–Trinajstić information content (AvgIpc) is 2.04. The number of halogens is 2. The molecule has 2 atom stereocenters. The van der Waals surface area contributed by atoms with Crippen molar-refractivity contribution in [2.45, 2.75) is 5.56 Å². The maximum atomic E-state index is 12.4. The molecule has 2 unspecified atom stereocenters. The molecule has 1 rings (SSSR count). The highest BCUT2D eigenvalue weighted by molar-refractivity contribution is 7.74. The van der Waals surface area contributed by atoms with Crippen LogP contribution < -0.4 is 0 Å². The summed E-state index contributed by atoms with van der Waals surface area (Å²) in [4.78, 5) is 0. The van der Waals surface area contributed by atoms with Crippen LogP contribution in [0.2, 0.25) is 0 Å². The number of rotatable bonds is 3. The maximum Gasteiger partial charge on any atom is 0.172 e. The third-order valence-corrected chi connectivity index (χ3v) is 2.09. The highest BCUT2D eigenvalue weighted by Gasteiger charge is 2.07. The smallest absolute Gasteiger partial charge is 0.172 e. The fraction of sp³-hybridized carbons (Fsp3) is 0.143. The van der Waals surface area contributed by atoms with Crippen LogP contribution in [0.3, 0.4) is 0 Å². The zero-order valence-electron chi connectivity index (χ0n) is 6.28. The molecular formula is C7H5ClFO3S-. The van der Waals surface area contributed by atoms with E-state index in [1.165, 1.54) is 24.3 Å². The first-order valence-electron chi connectivity index (χ1n) is 3.25. The molecule has 72 valence electrons. The van der Waals surface area contributed by atoms with Crippen LogP contribution in [0.25, 0.3) is 0 Å². The van der Waals surface area contributed by atoms with Gasteiger partial charge in [0.1, 0.15) is 5.82 Å². The number of hydrogen-bond acceptors (Lipinski definition) is 3. The van der Waals surface area contributed by atoms with Gasteiger partial charge in [0.15, 0.2) is 5.56 Å². The van der Waals surface area contributed by atoms with E-state index in [0.717, 1.165) is 0 Å². The molecule has 6 heteroatoms. The molecule has 0 spiro atoms. The van der Waals surface area contributed by atoms with Crippen LogP contribution in [-0.4, -0.2) is 8.76 Å². The van der Waals surface area contributed by atoms with Crippen LogP contribution >= 0.6 is 11.6 Å². The minimum absolute atomic E-state index is 0.382. The largest absolute Gasteiger partial charge is 0.750 e. The van der Waals surface area contributed by atoms with Gasteiger partial charge in [-0.2, -0.15) is 0 Å². The van der Waals surface area contributed by atoms with Gasteiger partial charge in [0.2, 0.25) is 0 Å². The number of hydrogen-bond donors (Lipinski definition) is 0. The molecule has 0 amide bonds. The minimum Gasteiger partial charge on any atom is -0.750 e. The summed E-state index contributed by atoms with van der Waals surface area (Å²) in [6.45, 7) is 0. The summed E-state index contributed by atoms with van der Waals surface area (Å²) in [6, 6.07) is 5.03. The lowest BCUT2D eigenvalue weighted by molar-refractivity contribution is 0.276. The molecule has 0 heterocycles. The lowest BCUT2D eigenvalue weighted by Gasteiger charge is -2.11. The van der Waals surface area contributed by atoms with Crippen LogP contribution in [0, 0.1) is 5.82 Å². The zero-order chi connectivity index (χ0) is 9.84. The molecule has 0 saturated heterocycles. The number of alkyl halides is 1. The summed E-state index contributed by atoms with van der Waals surface area (Å²) in [7, 11) is 0. The number of benzene rings is 1. The Morgan fingerprint density at radius 2 is 2.00 bits per heavy atom. The Bertz CT molecular complexity index is 303. The van der Waals surface area contributed by atoms with Gasteiger partial charge in [0.25, 0.3) is 0 Å². The first kappa shape index (κ1) is 10.6. The molecule has 0 N–H and O–H groups in total. The fourth-order valence-electron chi connectivity index (χ4n) is 0.739. The third-order valence-electron chi connectivity index (χ3n) is 1.30. The Hall–Kier alpha value is -0.490. The van der Waals surface area contributed by atoms with Gasteiger partial charge >= 0.3 is 0 Å². The van der Waals surface area contributed by atoms with Gasteiger partial charge in [-0.05, 0) is 17.7 Å². The van der Waals surface area contributed by atoms with E-state index in [4.69, 9.17) is 11.6 Å². The second-order valence-corrected chi connectivity index (χ2v) is 3.17. The first-order chi connectivity index (χ1) is 6.09. The Labute approximate surface area is 82.0 Å². The van der Waals surface area contributed by atoms with E-state index in [2.05, 4.69) is 4.18 Å². The van der Waals surface area contributed by atoms with Crippen molar-refractivity contribution in [3.63, 3.8) is 0 Å². The van der Waals surface area contributed by atoms with Gasteiger partial charge in [-0.1, -0.05) is 23.7 Å². The highest BCUT2D eigenvalue weighted by Crippen LogP contribution is 2.22. The lowest BCUT2D eigenvalue weighted by Crippen LogP contribution is -2.00. The second kappa shape index (κ2) is 4.66. The third kappa shape index (κ3) is 3.40. The molecule has 3 nitrogen and oxygen atoms in total. The lowest BCUT2D eigenvalue weighted by atomic mass is 10.2. The normalized spacial score (nSPS) is 15.3. The minimum atomic E-state index is -2.68. The molecule has 0 aliphatic heterocycles. The van der Waals surface area contributed by atoms with Crippen molar-refractivity contribution in [1.29, 1.82) is 0 Å². The summed E-state index contributed by atoms with van der Waals surface area (Å²) in [5.74, 6) is -0.420. The SMILES string of the molecule is O=S([O-])OC(Cl)c1ccc(F)cc1. The van der Waals surface area contributed by atoms with E-state index in [1.807, 2.05) is 0 Å². The molecule has 0 radical (unpaired) electrons. The highest BCUT2D eigenvalue weighted by atomic mass is 35.5. The standard InChI is InChI=1S/C7H6ClFO3S/c8-7(12-13(10)11)5-1-3-6(9)4-2-5/h1-4,7H,(H,10,11)/p-1. The van der Waals surface area contributed by atoms with Crippen LogP contribution in [0.5, 0.6) is 0 Å². The second-order valence-electron chi connectivity index (χ2n) is 2.17. The van der Waals surface area contributed by atoms with E-state index in [0.29, 0.717) is 5.56 Å². The summed E-state index contributed by atoms with van der Waals surface area (Å²) in [6.07, 6.45) is 0. The summed E-state index contributed by atoms with van der Waals surface area (Å²) >= 11 is 2.84. The van der Waals surface area contributed by atoms with Crippen molar-refractivity contribution in [1.82, 2.24) is 0 Å². The van der Waals surface area contributed by atoms with Crippen LogP contribution in [-0.2, 0) is 15.5 Å². The zero-order valence-corrected chi connectivity index (χ0v) is 7.85. The molecule has 0 fully saturated rings. The molecule has 13 heavy (non-hydrogen) atoms. The van der Waals surface area contributed by atoms with Crippen LogP contribution in [0.4, 0.5) is 4.39 Å². The van der Waals surface area contributed by atoms with Crippen molar-refractivity contribution < 1.29 is 17.3 Å². The monoisotopic (exact) mass is 223 g/mol. The fourth-order valence-corrected chi connectivity index (χ4v) is 1.31. The van der Waals surface area contributed by atoms with E-state index in [1.54, 1.807) is 0 Å². The van der Waals surface area contributed by atoms with Gasteiger partial charge in [-0.25, -0.2) is 8.60 Å². The topological polar surface area (TPSA) is 49.4 Å². The predicted octanol–water partition coefficient (Wildman–Crippen LogP) is 1.87. The molecule has 0 aliphatic carbocycles. The van der Waals surface area contributed by atoms with Crippen LogP contribution in [0.15, 0.2) is 24.3 Å². The van der Waals surface area contributed by atoms with Crippen molar-refractivity contribution in [3.05, 3.63) is 35.6 Å². The maximum absolute atomic E-state index is 12.4. The van der Waals surface area contributed by atoms with Crippen molar-refractivity contribution in [3.8, 4) is 0 Å². The Kier molecular flexibility index (Phi) is 3.80. The van der Waals surface area contributed by atoms with E-state index in [9.17, 15) is 13.2 Å². The van der Waals surface area contributed by atoms with Crippen molar-refractivity contribution >= 4 is 23.0 Å². The summed E-state index contributed by atoms with van der Waals surface area (Å²) in [5.41, 5.74) is -0.730. The van der Waals surface area contributed by atoms with Crippen LogP contribution in [0.1, 0.15) is 11.1 Å². The van der Waals surface area contributed by atoms with Gasteiger partial charge in [0.05, 0.1) is 11.4 Å². The van der Waals surface area contributed by atoms with E-state index in [-0.39, 0.29) is 0 Å². The van der Waals surface area contributed by atoms with E-state index < -0.39 is 22.7 Å². The van der Waals surface area contributed by atoms with Gasteiger partial charge in [0, 0.05) is 0 Å². The molecule has 0 bridgehead atoms. The molecule has 0 aliphatic rings. The molecular weight excluding hydrogens is 219 g/mol. The molecule has 1 aromatic carbocycles. The Balaban J connectivity index is 2.71. The quantitative estimate of drug-likeness (QED) is 0.581. The average molecular weight is 224 g/mol. The molecule has 0 aromatic heterocycles. The van der Waals surface area contributed by atoms with Crippen molar-refractivity contribution in [2.75, 3.05) is 0 Å². The van der Waals surface area contributed by atoms with Gasteiger partial charge in [-0.15, -0.1) is 0 Å². The summed E-state index contributed by atoms with van der Waals surface area (Å²) < 4.78 is 36.8. The first-order valence-corrected chi connectivity index (χ1v) is 4.69. The van der Waals surface area contributed by atoms with Gasteiger partial charge in [-0.3, -0.25) is 4.18 Å². The van der Waals surface area contributed by atoms with Crippen molar-refractivity contribution in [2.24, 2.45) is 0 Å². The Morgan fingerprint density at radius 1 is 1.46 bits per heavy atom. The van der Waals surface area contributed by atoms with E-state index >= 15 is 0 Å². The Morgan fingerprint density at radius 3 is 2.46 bits per heavy atom. The molecule has 1 aromatic rings. The van der Waals surface area contributed by atoms with Gasteiger partial charge < -0.3 is 4.55 Å². The molecule has 0 saturated carbocycles.